The molecule has 0 aliphatic heterocycles. The minimum Gasteiger partial charge on any atom is -0.494 e. The Bertz CT molecular complexity index is 435. The quantitative estimate of drug-likeness (QED) is 0.851. The zero-order valence-corrected chi connectivity index (χ0v) is 10.7. The molecule has 3 nitrogen and oxygen atoms in total. The predicted molar refractivity (Wildman–Crippen MR) is 64.6 cm³/mol. The number of carbonyl (C=O) groups is 1. The number of hydrogen-bond acceptors (Lipinski definition) is 3. The van der Waals surface area contributed by atoms with Crippen LogP contribution in [0.1, 0.15) is 31.4 Å². The lowest BCUT2D eigenvalue weighted by molar-refractivity contribution is -0.117. The standard InChI is InChI=1S/C13H17F2NO2/c1-8(17)4-5-12(16-2)9-6-11(15)13(18-3)7-10(9)14/h6-7,12,16H,4-5H2,1-3H3. The molecule has 5 heteroatoms. The second kappa shape index (κ2) is 6.44. The van der Waals surface area contributed by atoms with E-state index in [-0.39, 0.29) is 17.1 Å². The fourth-order valence-corrected chi connectivity index (χ4v) is 1.77. The minimum atomic E-state index is -0.614. The Morgan fingerprint density at radius 2 is 2.06 bits per heavy atom. The van der Waals surface area contributed by atoms with E-state index in [0.717, 1.165) is 12.1 Å². The summed E-state index contributed by atoms with van der Waals surface area (Å²) >= 11 is 0. The number of ether oxygens (including phenoxy) is 1. The fraction of sp³-hybridized carbons (Fsp3) is 0.462. The molecular weight excluding hydrogens is 240 g/mol. The van der Waals surface area contributed by atoms with Gasteiger partial charge in [-0.2, -0.15) is 0 Å². The summed E-state index contributed by atoms with van der Waals surface area (Å²) in [7, 11) is 2.93. The van der Waals surface area contributed by atoms with Gasteiger partial charge in [-0.05, 0) is 26.5 Å². The Morgan fingerprint density at radius 3 is 2.56 bits per heavy atom. The number of rotatable bonds is 6. The number of halogens is 2. The van der Waals surface area contributed by atoms with E-state index in [2.05, 4.69) is 5.32 Å². The zero-order chi connectivity index (χ0) is 13.7. The topological polar surface area (TPSA) is 38.3 Å². The normalized spacial score (nSPS) is 12.3. The highest BCUT2D eigenvalue weighted by molar-refractivity contribution is 5.75. The number of nitrogens with one attached hydrogen (secondary N) is 1. The van der Waals surface area contributed by atoms with Gasteiger partial charge in [0, 0.05) is 24.1 Å². The van der Waals surface area contributed by atoms with E-state index < -0.39 is 17.7 Å². The Kier molecular flexibility index (Phi) is 5.22. The van der Waals surface area contributed by atoms with Crippen LogP contribution in [-0.4, -0.2) is 19.9 Å². The molecule has 0 radical (unpaired) electrons. The summed E-state index contributed by atoms with van der Waals surface area (Å²) in [5, 5.41) is 2.88. The maximum absolute atomic E-state index is 13.8. The van der Waals surface area contributed by atoms with Gasteiger partial charge in [0.25, 0.3) is 0 Å². The van der Waals surface area contributed by atoms with Crippen LogP contribution in [0.5, 0.6) is 5.75 Å². The molecule has 0 aromatic heterocycles. The Hall–Kier alpha value is -1.49. The number of hydrogen-bond donors (Lipinski definition) is 1. The van der Waals surface area contributed by atoms with Gasteiger partial charge in [-0.3, -0.25) is 0 Å². The van der Waals surface area contributed by atoms with Gasteiger partial charge in [-0.25, -0.2) is 8.78 Å². The molecule has 100 valence electrons. The van der Waals surface area contributed by atoms with Crippen molar-refractivity contribution >= 4 is 5.78 Å². The summed E-state index contributed by atoms with van der Waals surface area (Å²) in [6.45, 7) is 1.47. The molecule has 1 rings (SSSR count). The average molecular weight is 257 g/mol. The third-order valence-corrected chi connectivity index (χ3v) is 2.78. The summed E-state index contributed by atoms with van der Waals surface area (Å²) in [5.74, 6) is -1.27. The summed E-state index contributed by atoms with van der Waals surface area (Å²) < 4.78 is 32.0. The molecule has 1 atom stereocenters. The van der Waals surface area contributed by atoms with E-state index >= 15 is 0 Å². The molecule has 0 fully saturated rings. The van der Waals surface area contributed by atoms with Crippen LogP contribution in [0.15, 0.2) is 12.1 Å². The van der Waals surface area contributed by atoms with Crippen molar-refractivity contribution < 1.29 is 18.3 Å². The van der Waals surface area contributed by atoms with E-state index in [1.54, 1.807) is 7.05 Å². The second-order valence-electron chi connectivity index (χ2n) is 4.09. The van der Waals surface area contributed by atoms with Gasteiger partial charge in [0.1, 0.15) is 11.6 Å². The molecule has 1 N–H and O–H groups in total. The molecule has 0 aliphatic rings. The molecule has 1 unspecified atom stereocenters. The summed E-state index contributed by atoms with van der Waals surface area (Å²) in [5.41, 5.74) is 0.206. The SMILES string of the molecule is CNC(CCC(C)=O)c1cc(F)c(OC)cc1F. The number of benzene rings is 1. The number of carbonyl (C=O) groups excluding carboxylic acids is 1. The van der Waals surface area contributed by atoms with Crippen molar-refractivity contribution in [1.82, 2.24) is 5.32 Å². The van der Waals surface area contributed by atoms with Gasteiger partial charge in [-0.1, -0.05) is 0 Å². The highest BCUT2D eigenvalue weighted by atomic mass is 19.1. The van der Waals surface area contributed by atoms with Crippen LogP contribution >= 0.6 is 0 Å². The Labute approximate surface area is 105 Å². The van der Waals surface area contributed by atoms with E-state index in [1.165, 1.54) is 14.0 Å². The Balaban J connectivity index is 2.98. The van der Waals surface area contributed by atoms with E-state index in [0.29, 0.717) is 12.8 Å². The van der Waals surface area contributed by atoms with E-state index in [1.807, 2.05) is 0 Å². The first kappa shape index (κ1) is 14.6. The average Bonchev–Trinajstić information content (AvgIpc) is 2.33. The third kappa shape index (κ3) is 3.50. The van der Waals surface area contributed by atoms with Crippen molar-refractivity contribution in [2.45, 2.75) is 25.8 Å². The predicted octanol–water partition coefficient (Wildman–Crippen LogP) is 2.60. The number of ketones is 1. The maximum Gasteiger partial charge on any atom is 0.165 e. The van der Waals surface area contributed by atoms with Crippen molar-refractivity contribution in [1.29, 1.82) is 0 Å². The van der Waals surface area contributed by atoms with Gasteiger partial charge >= 0.3 is 0 Å². The molecule has 0 saturated carbocycles. The van der Waals surface area contributed by atoms with Crippen LogP contribution in [0.3, 0.4) is 0 Å². The zero-order valence-electron chi connectivity index (χ0n) is 10.7. The second-order valence-corrected chi connectivity index (χ2v) is 4.09. The Morgan fingerprint density at radius 1 is 1.39 bits per heavy atom. The maximum atomic E-state index is 13.8. The molecular formula is C13H17F2NO2. The molecule has 18 heavy (non-hydrogen) atoms. The highest BCUT2D eigenvalue weighted by Gasteiger charge is 2.18. The van der Waals surface area contributed by atoms with Crippen LogP contribution in [-0.2, 0) is 4.79 Å². The molecule has 0 spiro atoms. The molecule has 1 aromatic carbocycles. The summed E-state index contributed by atoms with van der Waals surface area (Å²) in [6.07, 6.45) is 0.743. The first-order valence-corrected chi connectivity index (χ1v) is 5.69. The monoisotopic (exact) mass is 257 g/mol. The first-order chi connectivity index (χ1) is 8.49. The highest BCUT2D eigenvalue weighted by Crippen LogP contribution is 2.27. The van der Waals surface area contributed by atoms with Crippen LogP contribution in [0.2, 0.25) is 0 Å². The lowest BCUT2D eigenvalue weighted by atomic mass is 10.00. The number of methoxy groups -OCH3 is 1. The van der Waals surface area contributed by atoms with Crippen LogP contribution in [0, 0.1) is 11.6 Å². The van der Waals surface area contributed by atoms with Gasteiger partial charge in [-0.15, -0.1) is 0 Å². The van der Waals surface area contributed by atoms with Crippen molar-refractivity contribution in [2.75, 3.05) is 14.2 Å². The summed E-state index contributed by atoms with van der Waals surface area (Å²) in [6, 6.07) is 1.73. The summed E-state index contributed by atoms with van der Waals surface area (Å²) in [4.78, 5) is 10.9. The molecule has 1 aromatic rings. The van der Waals surface area contributed by atoms with Gasteiger partial charge in [0.15, 0.2) is 11.6 Å². The van der Waals surface area contributed by atoms with Crippen LogP contribution < -0.4 is 10.1 Å². The lowest BCUT2D eigenvalue weighted by Gasteiger charge is -2.17. The van der Waals surface area contributed by atoms with Gasteiger partial charge in [0.2, 0.25) is 0 Å². The number of Topliss-reactive ketones (excluding diaryl/α,β-unsaturated/α-hetero) is 1. The van der Waals surface area contributed by atoms with E-state index in [4.69, 9.17) is 4.74 Å². The molecule has 0 saturated heterocycles. The first-order valence-electron chi connectivity index (χ1n) is 5.69. The molecule has 0 aliphatic carbocycles. The lowest BCUT2D eigenvalue weighted by Crippen LogP contribution is -2.19. The molecule has 0 amide bonds. The van der Waals surface area contributed by atoms with Gasteiger partial charge in [0.05, 0.1) is 7.11 Å². The van der Waals surface area contributed by atoms with Crippen molar-refractivity contribution in [2.24, 2.45) is 0 Å². The minimum absolute atomic E-state index is 0.0182. The van der Waals surface area contributed by atoms with Gasteiger partial charge < -0.3 is 14.8 Å². The smallest absolute Gasteiger partial charge is 0.165 e. The van der Waals surface area contributed by atoms with Crippen molar-refractivity contribution in [3.8, 4) is 5.75 Å². The molecule has 0 heterocycles. The third-order valence-electron chi connectivity index (χ3n) is 2.78. The van der Waals surface area contributed by atoms with Crippen molar-refractivity contribution in [3.05, 3.63) is 29.3 Å². The largest absolute Gasteiger partial charge is 0.494 e. The van der Waals surface area contributed by atoms with E-state index in [9.17, 15) is 13.6 Å². The van der Waals surface area contributed by atoms with Crippen molar-refractivity contribution in [3.63, 3.8) is 0 Å². The molecule has 0 bridgehead atoms. The van der Waals surface area contributed by atoms with Crippen LogP contribution in [0.4, 0.5) is 8.78 Å². The van der Waals surface area contributed by atoms with Crippen LogP contribution in [0.25, 0.3) is 0 Å². The fourth-order valence-electron chi connectivity index (χ4n) is 1.77.